The van der Waals surface area contributed by atoms with Crippen LogP contribution in [0.1, 0.15) is 42.6 Å². The van der Waals surface area contributed by atoms with E-state index >= 15 is 0 Å². The summed E-state index contributed by atoms with van der Waals surface area (Å²) < 4.78 is 14.6. The Kier molecular flexibility index (Phi) is 6.96. The number of amides is 1. The molecule has 1 aliphatic rings. The van der Waals surface area contributed by atoms with E-state index in [9.17, 15) is 9.18 Å². The van der Waals surface area contributed by atoms with E-state index < -0.39 is 0 Å². The van der Waals surface area contributed by atoms with Gasteiger partial charge in [-0.3, -0.25) is 4.79 Å². The Morgan fingerprint density at radius 2 is 1.92 bits per heavy atom. The molecule has 25 heavy (non-hydrogen) atoms. The summed E-state index contributed by atoms with van der Waals surface area (Å²) in [6.07, 6.45) is 7.61. The third kappa shape index (κ3) is 4.80. The average molecular weight is 367 g/mol. The monoisotopic (exact) mass is 366 g/mol. The van der Waals surface area contributed by atoms with Crippen LogP contribution in [0.4, 0.5) is 4.39 Å². The summed E-state index contributed by atoms with van der Waals surface area (Å²) in [6.45, 7) is 0.440. The zero-order valence-electron chi connectivity index (χ0n) is 14.0. The molecule has 1 aliphatic carbocycles. The fourth-order valence-corrected chi connectivity index (χ4v) is 3.33. The van der Waals surface area contributed by atoms with Crippen molar-refractivity contribution in [3.63, 3.8) is 0 Å². The SMILES string of the molecule is Cl.NCC(NC(=O)c1ccn(-c2ccc(F)cc2)n1)C1CCCCC1. The van der Waals surface area contributed by atoms with Crippen molar-refractivity contribution < 1.29 is 9.18 Å². The third-order valence-electron chi connectivity index (χ3n) is 4.70. The molecule has 5 nitrogen and oxygen atoms in total. The van der Waals surface area contributed by atoms with Crippen molar-refractivity contribution >= 4 is 18.3 Å². The number of nitrogens with zero attached hydrogens (tertiary/aromatic N) is 2. The summed E-state index contributed by atoms with van der Waals surface area (Å²) in [5.74, 6) is -0.0640. The highest BCUT2D eigenvalue weighted by Crippen LogP contribution is 2.26. The highest BCUT2D eigenvalue weighted by molar-refractivity contribution is 5.92. The molecule has 2 aromatic rings. The second kappa shape index (κ2) is 8.97. The number of rotatable bonds is 5. The van der Waals surface area contributed by atoms with E-state index in [1.807, 2.05) is 0 Å². The summed E-state index contributed by atoms with van der Waals surface area (Å²) in [5.41, 5.74) is 6.91. The fourth-order valence-electron chi connectivity index (χ4n) is 3.33. The second-order valence-electron chi connectivity index (χ2n) is 6.34. The van der Waals surface area contributed by atoms with Gasteiger partial charge in [-0.2, -0.15) is 5.10 Å². The summed E-state index contributed by atoms with van der Waals surface area (Å²) in [5, 5.41) is 7.31. The molecule has 1 amide bonds. The topological polar surface area (TPSA) is 72.9 Å². The van der Waals surface area contributed by atoms with Crippen molar-refractivity contribution in [3.05, 3.63) is 48.0 Å². The number of halogens is 2. The molecule has 0 radical (unpaired) electrons. The maximum absolute atomic E-state index is 13.0. The smallest absolute Gasteiger partial charge is 0.272 e. The van der Waals surface area contributed by atoms with Crippen molar-refractivity contribution in [3.8, 4) is 5.69 Å². The Bertz CT molecular complexity index is 683. The van der Waals surface area contributed by atoms with Crippen LogP contribution in [0.2, 0.25) is 0 Å². The first-order chi connectivity index (χ1) is 11.7. The van der Waals surface area contributed by atoms with E-state index in [0.29, 0.717) is 23.8 Å². The van der Waals surface area contributed by atoms with Crippen molar-refractivity contribution in [1.82, 2.24) is 15.1 Å². The van der Waals surface area contributed by atoms with Crippen LogP contribution < -0.4 is 11.1 Å². The van der Waals surface area contributed by atoms with Gasteiger partial charge in [-0.05, 0) is 49.1 Å². The van der Waals surface area contributed by atoms with E-state index in [4.69, 9.17) is 5.73 Å². The van der Waals surface area contributed by atoms with Crippen LogP contribution in [0.15, 0.2) is 36.5 Å². The van der Waals surface area contributed by atoms with E-state index in [-0.39, 0.29) is 30.2 Å². The first-order valence-electron chi connectivity index (χ1n) is 8.50. The first-order valence-corrected chi connectivity index (χ1v) is 8.50. The lowest BCUT2D eigenvalue weighted by Gasteiger charge is -2.29. The van der Waals surface area contributed by atoms with Gasteiger partial charge in [0.1, 0.15) is 5.82 Å². The molecule has 3 rings (SSSR count). The van der Waals surface area contributed by atoms with E-state index in [1.54, 1.807) is 29.1 Å². The van der Waals surface area contributed by atoms with Crippen LogP contribution >= 0.6 is 12.4 Å². The van der Waals surface area contributed by atoms with Crippen LogP contribution in [0.3, 0.4) is 0 Å². The summed E-state index contributed by atoms with van der Waals surface area (Å²) in [6, 6.07) is 7.62. The summed E-state index contributed by atoms with van der Waals surface area (Å²) in [4.78, 5) is 12.5. The molecule has 0 saturated heterocycles. The number of hydrogen-bond donors (Lipinski definition) is 2. The fraction of sp³-hybridized carbons (Fsp3) is 0.444. The predicted octanol–water partition coefficient (Wildman–Crippen LogP) is 3.07. The van der Waals surface area contributed by atoms with Crippen molar-refractivity contribution in [1.29, 1.82) is 0 Å². The molecule has 1 aromatic heterocycles. The van der Waals surface area contributed by atoms with Crippen LogP contribution in [0.5, 0.6) is 0 Å². The Morgan fingerprint density at radius 1 is 1.24 bits per heavy atom. The molecular formula is C18H24ClFN4O. The normalized spacial score (nSPS) is 16.1. The molecule has 1 heterocycles. The number of nitrogens with two attached hydrogens (primary N) is 1. The summed E-state index contributed by atoms with van der Waals surface area (Å²) in [7, 11) is 0. The number of carbonyl (C=O) groups excluding carboxylic acids is 1. The molecule has 0 aliphatic heterocycles. The van der Waals surface area contributed by atoms with Crippen LogP contribution in [0, 0.1) is 11.7 Å². The molecule has 3 N–H and O–H groups in total. The van der Waals surface area contributed by atoms with E-state index in [2.05, 4.69) is 10.4 Å². The van der Waals surface area contributed by atoms with Crippen LogP contribution in [-0.2, 0) is 0 Å². The first kappa shape index (κ1) is 19.4. The van der Waals surface area contributed by atoms with Gasteiger partial charge in [-0.15, -0.1) is 12.4 Å². The number of carbonyl (C=O) groups is 1. The molecule has 1 unspecified atom stereocenters. The lowest BCUT2D eigenvalue weighted by molar-refractivity contribution is 0.0910. The Labute approximate surface area is 153 Å². The third-order valence-corrected chi connectivity index (χ3v) is 4.70. The van der Waals surface area contributed by atoms with Gasteiger partial charge in [0.25, 0.3) is 5.91 Å². The average Bonchev–Trinajstić information content (AvgIpc) is 3.11. The van der Waals surface area contributed by atoms with Gasteiger partial charge in [-0.25, -0.2) is 9.07 Å². The van der Waals surface area contributed by atoms with Crippen LogP contribution in [-0.4, -0.2) is 28.3 Å². The predicted molar refractivity (Wildman–Crippen MR) is 97.7 cm³/mol. The molecular weight excluding hydrogens is 343 g/mol. The zero-order valence-corrected chi connectivity index (χ0v) is 14.8. The molecule has 7 heteroatoms. The van der Waals surface area contributed by atoms with Gasteiger partial charge < -0.3 is 11.1 Å². The van der Waals surface area contributed by atoms with Gasteiger partial charge in [0.05, 0.1) is 5.69 Å². The maximum Gasteiger partial charge on any atom is 0.272 e. The Morgan fingerprint density at radius 3 is 2.56 bits per heavy atom. The van der Waals surface area contributed by atoms with Crippen molar-refractivity contribution in [2.45, 2.75) is 38.1 Å². The van der Waals surface area contributed by atoms with Gasteiger partial charge in [0.15, 0.2) is 5.69 Å². The van der Waals surface area contributed by atoms with Gasteiger partial charge in [0.2, 0.25) is 0 Å². The molecule has 1 fully saturated rings. The molecule has 0 spiro atoms. The highest BCUT2D eigenvalue weighted by Gasteiger charge is 2.25. The molecule has 136 valence electrons. The standard InChI is InChI=1S/C18H23FN4O.ClH/c19-14-6-8-15(9-7-14)23-11-10-16(22-23)18(24)21-17(12-20)13-4-2-1-3-5-13;/h6-11,13,17H,1-5,12,20H2,(H,21,24);1H. The molecule has 1 atom stereocenters. The van der Waals surface area contributed by atoms with Crippen molar-refractivity contribution in [2.75, 3.05) is 6.54 Å². The second-order valence-corrected chi connectivity index (χ2v) is 6.34. The summed E-state index contributed by atoms with van der Waals surface area (Å²) >= 11 is 0. The maximum atomic E-state index is 13.0. The van der Waals surface area contributed by atoms with Gasteiger partial charge in [0, 0.05) is 18.8 Å². The molecule has 1 aromatic carbocycles. The minimum absolute atomic E-state index is 0. The lowest BCUT2D eigenvalue weighted by Crippen LogP contribution is -2.46. The van der Waals surface area contributed by atoms with E-state index in [1.165, 1.54) is 31.4 Å². The van der Waals surface area contributed by atoms with E-state index in [0.717, 1.165) is 12.8 Å². The number of nitrogens with one attached hydrogen (secondary N) is 1. The molecule has 1 saturated carbocycles. The van der Waals surface area contributed by atoms with Gasteiger partial charge in [-0.1, -0.05) is 19.3 Å². The molecule has 0 bridgehead atoms. The number of benzene rings is 1. The quantitative estimate of drug-likeness (QED) is 0.854. The number of hydrogen-bond acceptors (Lipinski definition) is 3. The van der Waals surface area contributed by atoms with Crippen molar-refractivity contribution in [2.24, 2.45) is 11.7 Å². The Hall–Kier alpha value is -1.92. The minimum Gasteiger partial charge on any atom is -0.346 e. The lowest BCUT2D eigenvalue weighted by atomic mass is 9.84. The largest absolute Gasteiger partial charge is 0.346 e. The highest BCUT2D eigenvalue weighted by atomic mass is 35.5. The minimum atomic E-state index is -0.304. The number of aromatic nitrogens is 2. The Balaban J connectivity index is 0.00000225. The zero-order chi connectivity index (χ0) is 16.9. The van der Waals surface area contributed by atoms with Gasteiger partial charge >= 0.3 is 0 Å². The van der Waals surface area contributed by atoms with Crippen LogP contribution in [0.25, 0.3) is 5.69 Å².